The maximum absolute atomic E-state index is 5.75. The molecule has 0 amide bonds. The first kappa shape index (κ1) is 13.0. The van der Waals surface area contributed by atoms with Gasteiger partial charge in [-0.05, 0) is 42.5 Å². The number of hydrogen-bond acceptors (Lipinski definition) is 2. The Balaban J connectivity index is 1.44. The standard InChI is InChI=1S/C18H22N2O/c1-2-4-18-17(3-1)15(8-10-21-18)13-20-9-7-14(12-20)11-19-16-5-6-16/h1-4,7,9,12,15-16,19H,5-6,8,10-11,13H2. The molecule has 1 aliphatic carbocycles. The molecule has 1 fully saturated rings. The number of rotatable bonds is 5. The monoisotopic (exact) mass is 282 g/mol. The van der Waals surface area contributed by atoms with Crippen molar-refractivity contribution in [2.45, 2.75) is 44.3 Å². The average Bonchev–Trinajstić information content (AvgIpc) is 3.25. The van der Waals surface area contributed by atoms with E-state index in [0.29, 0.717) is 5.92 Å². The molecule has 1 aliphatic heterocycles. The first-order valence-electron chi connectivity index (χ1n) is 7.98. The molecule has 1 saturated carbocycles. The Morgan fingerprint density at radius 2 is 2.05 bits per heavy atom. The molecular weight excluding hydrogens is 260 g/mol. The molecular formula is C18H22N2O. The van der Waals surface area contributed by atoms with E-state index in [-0.39, 0.29) is 0 Å². The van der Waals surface area contributed by atoms with E-state index in [1.807, 2.05) is 0 Å². The summed E-state index contributed by atoms with van der Waals surface area (Å²) < 4.78 is 8.08. The van der Waals surface area contributed by atoms with Crippen molar-refractivity contribution in [3.8, 4) is 5.75 Å². The van der Waals surface area contributed by atoms with Crippen LogP contribution >= 0.6 is 0 Å². The Bertz CT molecular complexity index is 615. The summed E-state index contributed by atoms with van der Waals surface area (Å²) in [7, 11) is 0. The highest BCUT2D eigenvalue weighted by molar-refractivity contribution is 5.37. The Labute approximate surface area is 125 Å². The predicted molar refractivity (Wildman–Crippen MR) is 83.6 cm³/mol. The summed E-state index contributed by atoms with van der Waals surface area (Å²) in [6, 6.07) is 11.5. The van der Waals surface area contributed by atoms with Crippen molar-refractivity contribution in [1.82, 2.24) is 9.88 Å². The fraction of sp³-hybridized carbons (Fsp3) is 0.444. The van der Waals surface area contributed by atoms with Crippen LogP contribution in [0.4, 0.5) is 0 Å². The van der Waals surface area contributed by atoms with E-state index in [1.54, 1.807) is 0 Å². The Kier molecular flexibility index (Phi) is 3.44. The summed E-state index contributed by atoms with van der Waals surface area (Å²) in [6.45, 7) is 2.88. The highest BCUT2D eigenvalue weighted by Crippen LogP contribution is 2.34. The molecule has 1 atom stereocenters. The number of nitrogens with one attached hydrogen (secondary N) is 1. The van der Waals surface area contributed by atoms with E-state index in [4.69, 9.17) is 4.74 Å². The molecule has 1 aromatic heterocycles. The van der Waals surface area contributed by atoms with Gasteiger partial charge in [0.2, 0.25) is 0 Å². The van der Waals surface area contributed by atoms with Crippen LogP contribution in [0.5, 0.6) is 5.75 Å². The molecule has 0 bridgehead atoms. The van der Waals surface area contributed by atoms with E-state index < -0.39 is 0 Å². The van der Waals surface area contributed by atoms with Gasteiger partial charge in [0.15, 0.2) is 0 Å². The summed E-state index contributed by atoms with van der Waals surface area (Å²) in [5.41, 5.74) is 2.75. The van der Waals surface area contributed by atoms with Gasteiger partial charge in [-0.3, -0.25) is 0 Å². The molecule has 2 heterocycles. The minimum atomic E-state index is 0.562. The molecule has 0 saturated heterocycles. The van der Waals surface area contributed by atoms with E-state index in [2.05, 4.69) is 52.6 Å². The van der Waals surface area contributed by atoms with Crippen molar-refractivity contribution in [2.75, 3.05) is 6.61 Å². The number of para-hydroxylation sites is 1. The molecule has 1 unspecified atom stereocenters. The zero-order valence-corrected chi connectivity index (χ0v) is 12.3. The molecule has 1 N–H and O–H groups in total. The highest BCUT2D eigenvalue weighted by Gasteiger charge is 2.22. The number of fused-ring (bicyclic) bond motifs is 1. The smallest absolute Gasteiger partial charge is 0.122 e. The number of nitrogens with zero attached hydrogens (tertiary/aromatic N) is 1. The SMILES string of the molecule is c1ccc2c(c1)OCCC2Cn1ccc(CNC2CC2)c1. The summed E-state index contributed by atoms with van der Waals surface area (Å²) in [5, 5.41) is 3.57. The van der Waals surface area contributed by atoms with Gasteiger partial charge in [-0.1, -0.05) is 18.2 Å². The summed E-state index contributed by atoms with van der Waals surface area (Å²) >= 11 is 0. The van der Waals surface area contributed by atoms with Crippen molar-refractivity contribution in [3.05, 3.63) is 53.9 Å². The molecule has 3 heteroatoms. The van der Waals surface area contributed by atoms with Gasteiger partial charge in [0.1, 0.15) is 5.75 Å². The second-order valence-corrected chi connectivity index (χ2v) is 6.24. The van der Waals surface area contributed by atoms with Gasteiger partial charge in [0.25, 0.3) is 0 Å². The van der Waals surface area contributed by atoms with E-state index in [1.165, 1.54) is 24.0 Å². The lowest BCUT2D eigenvalue weighted by atomic mass is 9.93. The lowest BCUT2D eigenvalue weighted by Crippen LogP contribution is -2.18. The molecule has 2 aliphatic rings. The summed E-state index contributed by atoms with van der Waals surface area (Å²) in [4.78, 5) is 0. The first-order chi connectivity index (χ1) is 10.4. The number of hydrogen-bond donors (Lipinski definition) is 1. The van der Waals surface area contributed by atoms with Crippen molar-refractivity contribution in [1.29, 1.82) is 0 Å². The van der Waals surface area contributed by atoms with Crippen LogP contribution in [-0.2, 0) is 13.1 Å². The summed E-state index contributed by atoms with van der Waals surface area (Å²) in [6.07, 6.45) is 8.29. The minimum Gasteiger partial charge on any atom is -0.493 e. The Morgan fingerprint density at radius 1 is 1.14 bits per heavy atom. The van der Waals surface area contributed by atoms with Crippen molar-refractivity contribution < 1.29 is 4.74 Å². The zero-order chi connectivity index (χ0) is 14.1. The van der Waals surface area contributed by atoms with Gasteiger partial charge < -0.3 is 14.6 Å². The van der Waals surface area contributed by atoms with Gasteiger partial charge in [-0.15, -0.1) is 0 Å². The zero-order valence-electron chi connectivity index (χ0n) is 12.3. The van der Waals surface area contributed by atoms with Gasteiger partial charge in [0.05, 0.1) is 6.61 Å². The topological polar surface area (TPSA) is 26.2 Å². The third-order valence-electron chi connectivity index (χ3n) is 4.50. The van der Waals surface area contributed by atoms with Crippen LogP contribution in [0, 0.1) is 0 Å². The van der Waals surface area contributed by atoms with Crippen LogP contribution in [0.15, 0.2) is 42.7 Å². The molecule has 1 aromatic carbocycles. The van der Waals surface area contributed by atoms with Crippen LogP contribution in [0.3, 0.4) is 0 Å². The molecule has 0 radical (unpaired) electrons. The molecule has 0 spiro atoms. The largest absolute Gasteiger partial charge is 0.493 e. The van der Waals surface area contributed by atoms with E-state index in [9.17, 15) is 0 Å². The molecule has 2 aromatic rings. The molecule has 3 nitrogen and oxygen atoms in total. The van der Waals surface area contributed by atoms with Crippen molar-refractivity contribution >= 4 is 0 Å². The predicted octanol–water partition coefficient (Wildman–Crippen LogP) is 3.31. The Morgan fingerprint density at radius 3 is 2.95 bits per heavy atom. The number of ether oxygens (including phenoxy) is 1. The maximum Gasteiger partial charge on any atom is 0.122 e. The van der Waals surface area contributed by atoms with Crippen molar-refractivity contribution in [2.24, 2.45) is 0 Å². The molecule has 21 heavy (non-hydrogen) atoms. The van der Waals surface area contributed by atoms with Gasteiger partial charge >= 0.3 is 0 Å². The number of aromatic nitrogens is 1. The fourth-order valence-electron chi connectivity index (χ4n) is 3.12. The summed E-state index contributed by atoms with van der Waals surface area (Å²) in [5.74, 6) is 1.63. The van der Waals surface area contributed by atoms with Crippen LogP contribution in [0.25, 0.3) is 0 Å². The first-order valence-corrected chi connectivity index (χ1v) is 7.98. The normalized spacial score (nSPS) is 20.9. The molecule has 4 rings (SSSR count). The second-order valence-electron chi connectivity index (χ2n) is 6.24. The molecule has 110 valence electrons. The van der Waals surface area contributed by atoms with Crippen molar-refractivity contribution in [3.63, 3.8) is 0 Å². The second kappa shape index (κ2) is 5.57. The fourth-order valence-corrected chi connectivity index (χ4v) is 3.12. The number of benzene rings is 1. The minimum absolute atomic E-state index is 0.562. The lowest BCUT2D eigenvalue weighted by molar-refractivity contribution is 0.259. The average molecular weight is 282 g/mol. The van der Waals surface area contributed by atoms with Gasteiger partial charge in [-0.25, -0.2) is 0 Å². The van der Waals surface area contributed by atoms with Crippen LogP contribution in [0.1, 0.15) is 36.3 Å². The lowest BCUT2D eigenvalue weighted by Gasteiger charge is -2.26. The third kappa shape index (κ3) is 2.98. The highest BCUT2D eigenvalue weighted by atomic mass is 16.5. The third-order valence-corrected chi connectivity index (χ3v) is 4.50. The Hall–Kier alpha value is -1.74. The van der Waals surface area contributed by atoms with Gasteiger partial charge in [0, 0.05) is 37.4 Å². The van der Waals surface area contributed by atoms with Crippen LogP contribution in [0.2, 0.25) is 0 Å². The van der Waals surface area contributed by atoms with E-state index >= 15 is 0 Å². The van der Waals surface area contributed by atoms with E-state index in [0.717, 1.165) is 37.9 Å². The van der Waals surface area contributed by atoms with Crippen LogP contribution in [-0.4, -0.2) is 17.2 Å². The quantitative estimate of drug-likeness (QED) is 0.910. The van der Waals surface area contributed by atoms with Gasteiger partial charge in [-0.2, -0.15) is 0 Å². The maximum atomic E-state index is 5.75. The van der Waals surface area contributed by atoms with Crippen LogP contribution < -0.4 is 10.1 Å².